The highest BCUT2D eigenvalue weighted by atomic mass is 16.1. The Labute approximate surface area is 110 Å². The van der Waals surface area contributed by atoms with Gasteiger partial charge in [-0.05, 0) is 45.2 Å². The second-order valence-electron chi connectivity index (χ2n) is 5.54. The van der Waals surface area contributed by atoms with Crippen LogP contribution in [0.1, 0.15) is 47.9 Å². The van der Waals surface area contributed by atoms with Crippen LogP contribution in [0.5, 0.6) is 0 Å². The maximum absolute atomic E-state index is 12.3. The van der Waals surface area contributed by atoms with Gasteiger partial charge in [-0.15, -0.1) is 0 Å². The number of hydrogen-bond acceptors (Lipinski definition) is 2. The van der Waals surface area contributed by atoms with Gasteiger partial charge in [0.15, 0.2) is 5.78 Å². The minimum absolute atomic E-state index is 0.248. The molecule has 0 spiro atoms. The second kappa shape index (κ2) is 5.70. The molecule has 100 valence electrons. The van der Waals surface area contributed by atoms with E-state index in [0.717, 1.165) is 36.0 Å². The molecule has 1 aromatic heterocycles. The third kappa shape index (κ3) is 3.02. The van der Waals surface area contributed by atoms with Gasteiger partial charge in [-0.3, -0.25) is 9.69 Å². The molecule has 3 nitrogen and oxygen atoms in total. The molecule has 0 atom stereocenters. The van der Waals surface area contributed by atoms with Crippen LogP contribution in [0.15, 0.2) is 6.07 Å². The molecule has 1 saturated carbocycles. The van der Waals surface area contributed by atoms with Crippen LogP contribution < -0.4 is 0 Å². The maximum atomic E-state index is 12.3. The summed E-state index contributed by atoms with van der Waals surface area (Å²) in [5.41, 5.74) is 2.93. The number of nitrogens with zero attached hydrogens (tertiary/aromatic N) is 1. The van der Waals surface area contributed by atoms with Crippen molar-refractivity contribution in [1.29, 1.82) is 0 Å². The average molecular weight is 248 g/mol. The van der Waals surface area contributed by atoms with Crippen LogP contribution in [0.25, 0.3) is 0 Å². The number of carbonyl (C=O) groups is 1. The summed E-state index contributed by atoms with van der Waals surface area (Å²) in [5.74, 6) is 1.07. The lowest BCUT2D eigenvalue weighted by molar-refractivity contribution is 0.0904. The summed E-state index contributed by atoms with van der Waals surface area (Å²) < 4.78 is 0. The van der Waals surface area contributed by atoms with Crippen LogP contribution >= 0.6 is 0 Å². The summed E-state index contributed by atoms with van der Waals surface area (Å²) in [6.45, 7) is 8.72. The molecule has 3 heteroatoms. The third-order valence-electron chi connectivity index (χ3n) is 4.01. The van der Waals surface area contributed by atoms with E-state index in [4.69, 9.17) is 0 Å². The van der Waals surface area contributed by atoms with E-state index in [2.05, 4.69) is 16.8 Å². The first-order chi connectivity index (χ1) is 8.60. The number of H-pyrrole nitrogens is 1. The zero-order chi connectivity index (χ0) is 13.1. The number of ketones is 1. The van der Waals surface area contributed by atoms with Crippen LogP contribution in [0.4, 0.5) is 0 Å². The summed E-state index contributed by atoms with van der Waals surface area (Å²) in [7, 11) is 0. The quantitative estimate of drug-likeness (QED) is 0.786. The van der Waals surface area contributed by atoms with E-state index in [0.29, 0.717) is 6.54 Å². The van der Waals surface area contributed by atoms with E-state index in [9.17, 15) is 4.79 Å². The Morgan fingerprint density at radius 2 is 2.17 bits per heavy atom. The summed E-state index contributed by atoms with van der Waals surface area (Å²) >= 11 is 0. The SMILES string of the molecule is CCN(CC(=O)c1cc(C)[nH]c1C)CC1CCC1. The molecule has 0 saturated heterocycles. The molecule has 0 unspecified atom stereocenters. The molecular formula is C15H24N2O. The Bertz CT molecular complexity index is 418. The Kier molecular flexibility index (Phi) is 4.23. The van der Waals surface area contributed by atoms with Crippen LogP contribution in [0.2, 0.25) is 0 Å². The predicted molar refractivity (Wildman–Crippen MR) is 74.1 cm³/mol. The minimum atomic E-state index is 0.248. The smallest absolute Gasteiger partial charge is 0.178 e. The molecule has 0 radical (unpaired) electrons. The minimum Gasteiger partial charge on any atom is -0.362 e. The topological polar surface area (TPSA) is 36.1 Å². The molecule has 0 bridgehead atoms. The van der Waals surface area contributed by atoms with Crippen molar-refractivity contribution in [2.45, 2.75) is 40.0 Å². The first-order valence-corrected chi connectivity index (χ1v) is 7.02. The Balaban J connectivity index is 1.93. The Morgan fingerprint density at radius 1 is 1.44 bits per heavy atom. The lowest BCUT2D eigenvalue weighted by Gasteiger charge is -2.31. The van der Waals surface area contributed by atoms with Gasteiger partial charge in [0.25, 0.3) is 0 Å². The van der Waals surface area contributed by atoms with Crippen molar-refractivity contribution in [2.75, 3.05) is 19.6 Å². The van der Waals surface area contributed by atoms with Gasteiger partial charge in [0.2, 0.25) is 0 Å². The number of aromatic nitrogens is 1. The van der Waals surface area contributed by atoms with Crippen molar-refractivity contribution in [3.8, 4) is 0 Å². The Hall–Kier alpha value is -1.09. The van der Waals surface area contributed by atoms with Crippen molar-refractivity contribution in [3.63, 3.8) is 0 Å². The van der Waals surface area contributed by atoms with E-state index in [1.54, 1.807) is 0 Å². The monoisotopic (exact) mass is 248 g/mol. The van der Waals surface area contributed by atoms with Gasteiger partial charge in [0.1, 0.15) is 0 Å². The van der Waals surface area contributed by atoms with Crippen molar-refractivity contribution in [1.82, 2.24) is 9.88 Å². The molecule has 1 aromatic rings. The summed E-state index contributed by atoms with van der Waals surface area (Å²) in [6, 6.07) is 1.97. The highest BCUT2D eigenvalue weighted by molar-refractivity contribution is 5.98. The van der Waals surface area contributed by atoms with Crippen LogP contribution in [0, 0.1) is 19.8 Å². The highest BCUT2D eigenvalue weighted by Gasteiger charge is 2.22. The van der Waals surface area contributed by atoms with E-state index < -0.39 is 0 Å². The molecule has 1 N–H and O–H groups in total. The standard InChI is InChI=1S/C15H24N2O/c1-4-17(9-13-6-5-7-13)10-15(18)14-8-11(2)16-12(14)3/h8,13,16H,4-7,9-10H2,1-3H3. The zero-order valence-corrected chi connectivity index (χ0v) is 11.8. The fraction of sp³-hybridized carbons (Fsp3) is 0.667. The van der Waals surface area contributed by atoms with Gasteiger partial charge in [-0.2, -0.15) is 0 Å². The second-order valence-corrected chi connectivity index (χ2v) is 5.54. The van der Waals surface area contributed by atoms with E-state index in [-0.39, 0.29) is 5.78 Å². The molecule has 0 aromatic carbocycles. The zero-order valence-electron chi connectivity index (χ0n) is 11.8. The number of Topliss-reactive ketones (excluding diaryl/α,β-unsaturated/α-hetero) is 1. The normalized spacial score (nSPS) is 16.0. The Morgan fingerprint density at radius 3 is 2.61 bits per heavy atom. The molecule has 2 rings (SSSR count). The van der Waals surface area contributed by atoms with Gasteiger partial charge in [-0.1, -0.05) is 13.3 Å². The molecule has 1 aliphatic rings. The molecule has 18 heavy (non-hydrogen) atoms. The molecular weight excluding hydrogens is 224 g/mol. The van der Waals surface area contributed by atoms with Gasteiger partial charge in [-0.25, -0.2) is 0 Å². The molecule has 0 amide bonds. The van der Waals surface area contributed by atoms with E-state index in [1.165, 1.54) is 19.3 Å². The number of hydrogen-bond donors (Lipinski definition) is 1. The lowest BCUT2D eigenvalue weighted by Crippen LogP contribution is -2.36. The van der Waals surface area contributed by atoms with Gasteiger partial charge in [0.05, 0.1) is 6.54 Å². The van der Waals surface area contributed by atoms with Gasteiger partial charge in [0, 0.05) is 23.5 Å². The largest absolute Gasteiger partial charge is 0.362 e. The van der Waals surface area contributed by atoms with Gasteiger partial charge >= 0.3 is 0 Å². The summed E-state index contributed by atoms with van der Waals surface area (Å²) in [5, 5.41) is 0. The molecule has 0 aliphatic heterocycles. The number of carbonyl (C=O) groups excluding carboxylic acids is 1. The van der Waals surface area contributed by atoms with Crippen molar-refractivity contribution in [2.24, 2.45) is 5.92 Å². The first kappa shape index (κ1) is 13.3. The van der Waals surface area contributed by atoms with E-state index in [1.807, 2.05) is 19.9 Å². The first-order valence-electron chi connectivity index (χ1n) is 7.02. The number of nitrogens with one attached hydrogen (secondary N) is 1. The number of rotatable bonds is 6. The summed E-state index contributed by atoms with van der Waals surface area (Å²) in [6.07, 6.45) is 4.05. The number of aryl methyl sites for hydroxylation is 2. The van der Waals surface area contributed by atoms with Gasteiger partial charge < -0.3 is 4.98 Å². The maximum Gasteiger partial charge on any atom is 0.178 e. The van der Waals surface area contributed by atoms with Crippen LogP contribution in [-0.2, 0) is 0 Å². The van der Waals surface area contributed by atoms with Crippen LogP contribution in [0.3, 0.4) is 0 Å². The van der Waals surface area contributed by atoms with E-state index >= 15 is 0 Å². The average Bonchev–Trinajstić information content (AvgIpc) is 2.61. The number of likely N-dealkylation sites (N-methyl/N-ethyl adjacent to an activating group) is 1. The van der Waals surface area contributed by atoms with Crippen molar-refractivity contribution < 1.29 is 4.79 Å². The molecule has 1 fully saturated rings. The molecule has 1 aliphatic carbocycles. The predicted octanol–water partition coefficient (Wildman–Crippen LogP) is 2.94. The van der Waals surface area contributed by atoms with Crippen molar-refractivity contribution in [3.05, 3.63) is 23.0 Å². The highest BCUT2D eigenvalue weighted by Crippen LogP contribution is 2.27. The fourth-order valence-corrected chi connectivity index (χ4v) is 2.65. The van der Waals surface area contributed by atoms with Crippen LogP contribution in [-0.4, -0.2) is 35.3 Å². The van der Waals surface area contributed by atoms with Crippen molar-refractivity contribution >= 4 is 5.78 Å². The lowest BCUT2D eigenvalue weighted by atomic mass is 9.85. The number of aromatic amines is 1. The summed E-state index contributed by atoms with van der Waals surface area (Å²) in [4.78, 5) is 17.8. The molecule has 1 heterocycles. The third-order valence-corrected chi connectivity index (χ3v) is 4.01. The fourth-order valence-electron chi connectivity index (χ4n) is 2.65.